The second-order valence-electron chi connectivity index (χ2n) is 3.40. The zero-order valence-corrected chi connectivity index (χ0v) is 8.88. The highest BCUT2D eigenvalue weighted by Crippen LogP contribution is 2.31. The van der Waals surface area contributed by atoms with E-state index in [9.17, 15) is 0 Å². The Hall–Kier alpha value is 0.270. The third-order valence-electron chi connectivity index (χ3n) is 2.55. The molecule has 1 fully saturated rings. The zero-order chi connectivity index (χ0) is 8.86. The number of ether oxygens (including phenoxy) is 1. The van der Waals surface area contributed by atoms with E-state index in [1.54, 1.807) is 0 Å². The highest BCUT2D eigenvalue weighted by molar-refractivity contribution is 7.99. The Labute approximate surface area is 79.4 Å². The molecule has 0 aliphatic carbocycles. The molecule has 1 heterocycles. The molecule has 0 aromatic carbocycles. The lowest BCUT2D eigenvalue weighted by Crippen LogP contribution is -2.39. The van der Waals surface area contributed by atoms with Gasteiger partial charge in [0.2, 0.25) is 0 Å². The average molecular weight is 189 g/mol. The first-order valence-corrected chi connectivity index (χ1v) is 5.76. The van der Waals surface area contributed by atoms with Gasteiger partial charge in [-0.15, -0.1) is 0 Å². The maximum atomic E-state index is 5.62. The first-order chi connectivity index (χ1) is 5.83. The van der Waals surface area contributed by atoms with Crippen LogP contribution in [0.2, 0.25) is 0 Å². The molecule has 1 saturated heterocycles. The number of hydrogen-bond acceptors (Lipinski definition) is 3. The van der Waals surface area contributed by atoms with Gasteiger partial charge in [0.05, 0.1) is 5.60 Å². The van der Waals surface area contributed by atoms with E-state index in [4.69, 9.17) is 4.74 Å². The van der Waals surface area contributed by atoms with E-state index >= 15 is 0 Å². The Morgan fingerprint density at radius 3 is 2.92 bits per heavy atom. The molecule has 1 rings (SSSR count). The van der Waals surface area contributed by atoms with Gasteiger partial charge < -0.3 is 10.1 Å². The molecule has 0 spiro atoms. The lowest BCUT2D eigenvalue weighted by molar-refractivity contribution is -0.00563. The van der Waals surface area contributed by atoms with Crippen LogP contribution < -0.4 is 5.32 Å². The van der Waals surface area contributed by atoms with Crippen molar-refractivity contribution in [1.29, 1.82) is 0 Å². The Balaban J connectivity index is 2.37. The molecule has 0 amide bonds. The van der Waals surface area contributed by atoms with Gasteiger partial charge in [-0.05, 0) is 38.6 Å². The van der Waals surface area contributed by atoms with Crippen molar-refractivity contribution in [2.24, 2.45) is 0 Å². The summed E-state index contributed by atoms with van der Waals surface area (Å²) in [5, 5.41) is 3.18. The molecule has 3 heteroatoms. The van der Waals surface area contributed by atoms with Crippen LogP contribution in [0.15, 0.2) is 0 Å². The van der Waals surface area contributed by atoms with Gasteiger partial charge in [0.25, 0.3) is 0 Å². The number of nitrogens with one attached hydrogen (secondary N) is 1. The Bertz CT molecular complexity index is 124. The summed E-state index contributed by atoms with van der Waals surface area (Å²) in [4.78, 5) is 0. The number of thioether (sulfide) groups is 1. The van der Waals surface area contributed by atoms with Crippen LogP contribution in [0.3, 0.4) is 0 Å². The molecule has 0 aromatic heterocycles. The van der Waals surface area contributed by atoms with Crippen LogP contribution in [0, 0.1) is 0 Å². The molecule has 2 nitrogen and oxygen atoms in total. The van der Waals surface area contributed by atoms with Gasteiger partial charge >= 0.3 is 0 Å². The molecule has 72 valence electrons. The molecule has 0 bridgehead atoms. The quantitative estimate of drug-likeness (QED) is 0.724. The van der Waals surface area contributed by atoms with Crippen LogP contribution in [-0.2, 0) is 4.74 Å². The molecule has 1 atom stereocenters. The lowest BCUT2D eigenvalue weighted by atomic mass is 9.95. The Morgan fingerprint density at radius 2 is 2.42 bits per heavy atom. The van der Waals surface area contributed by atoms with Crippen molar-refractivity contribution in [1.82, 2.24) is 5.32 Å². The van der Waals surface area contributed by atoms with Gasteiger partial charge in [-0.2, -0.15) is 11.8 Å². The molecule has 0 aromatic rings. The summed E-state index contributed by atoms with van der Waals surface area (Å²) >= 11 is 2.02. The fraction of sp³-hybridized carbons (Fsp3) is 1.00. The summed E-state index contributed by atoms with van der Waals surface area (Å²) in [7, 11) is 3.85. The van der Waals surface area contributed by atoms with E-state index in [-0.39, 0.29) is 5.60 Å². The van der Waals surface area contributed by atoms with Gasteiger partial charge in [0, 0.05) is 12.9 Å². The van der Waals surface area contributed by atoms with Gasteiger partial charge in [-0.3, -0.25) is 0 Å². The summed E-state index contributed by atoms with van der Waals surface area (Å²) in [6.45, 7) is 1.06. The third-order valence-corrected chi connectivity index (χ3v) is 3.86. The monoisotopic (exact) mass is 189 g/mol. The number of rotatable bonds is 4. The summed E-state index contributed by atoms with van der Waals surface area (Å²) in [6.07, 6.45) is 3.69. The van der Waals surface area contributed by atoms with Crippen molar-refractivity contribution in [3.05, 3.63) is 0 Å². The van der Waals surface area contributed by atoms with E-state index in [0.29, 0.717) is 0 Å². The van der Waals surface area contributed by atoms with Crippen molar-refractivity contribution in [2.75, 3.05) is 32.2 Å². The minimum Gasteiger partial charge on any atom is -0.377 e. The average Bonchev–Trinajstić information content (AvgIpc) is 2.16. The van der Waals surface area contributed by atoms with Gasteiger partial charge in [0.1, 0.15) is 0 Å². The minimum absolute atomic E-state index is 0.173. The van der Waals surface area contributed by atoms with Crippen molar-refractivity contribution in [3.63, 3.8) is 0 Å². The zero-order valence-electron chi connectivity index (χ0n) is 8.06. The van der Waals surface area contributed by atoms with Crippen molar-refractivity contribution in [2.45, 2.75) is 24.9 Å². The molecule has 1 aliphatic heterocycles. The van der Waals surface area contributed by atoms with Gasteiger partial charge in [-0.1, -0.05) is 0 Å². The molecular formula is C9H19NOS. The Kier molecular flexibility index (Phi) is 4.40. The van der Waals surface area contributed by atoms with Gasteiger partial charge in [-0.25, -0.2) is 0 Å². The van der Waals surface area contributed by atoms with Crippen LogP contribution in [0.1, 0.15) is 19.3 Å². The highest BCUT2D eigenvalue weighted by Gasteiger charge is 2.31. The second kappa shape index (κ2) is 5.10. The fourth-order valence-corrected chi connectivity index (χ4v) is 2.91. The molecule has 0 saturated carbocycles. The van der Waals surface area contributed by atoms with Crippen LogP contribution in [0.25, 0.3) is 0 Å². The van der Waals surface area contributed by atoms with Crippen LogP contribution in [0.4, 0.5) is 0 Å². The predicted octanol–water partition coefficient (Wildman–Crippen LogP) is 1.51. The highest BCUT2D eigenvalue weighted by atomic mass is 32.2. The molecular weight excluding hydrogens is 170 g/mol. The summed E-state index contributed by atoms with van der Waals surface area (Å²) in [5.41, 5.74) is 0.173. The normalized spacial score (nSPS) is 30.5. The van der Waals surface area contributed by atoms with E-state index in [0.717, 1.165) is 13.0 Å². The number of methoxy groups -OCH3 is 1. The Morgan fingerprint density at radius 1 is 1.58 bits per heavy atom. The standard InChI is InChI=1S/C9H19NOS/c1-10-6-5-9(11-2)4-3-7-12-8-9/h10H,3-8H2,1-2H3. The van der Waals surface area contributed by atoms with Crippen LogP contribution in [0.5, 0.6) is 0 Å². The van der Waals surface area contributed by atoms with Gasteiger partial charge in [0.15, 0.2) is 0 Å². The third kappa shape index (κ3) is 2.64. The van der Waals surface area contributed by atoms with Crippen LogP contribution in [-0.4, -0.2) is 37.8 Å². The molecule has 1 unspecified atom stereocenters. The maximum absolute atomic E-state index is 5.62. The predicted molar refractivity (Wildman–Crippen MR) is 54.8 cm³/mol. The fourth-order valence-electron chi connectivity index (χ4n) is 1.64. The van der Waals surface area contributed by atoms with E-state index in [1.165, 1.54) is 24.3 Å². The molecule has 1 aliphatic rings. The van der Waals surface area contributed by atoms with Crippen molar-refractivity contribution < 1.29 is 4.74 Å². The number of hydrogen-bond donors (Lipinski definition) is 1. The molecule has 12 heavy (non-hydrogen) atoms. The first kappa shape index (κ1) is 10.4. The SMILES string of the molecule is CNCCC1(OC)CCCSC1. The molecule has 1 N–H and O–H groups in total. The first-order valence-electron chi connectivity index (χ1n) is 4.60. The summed E-state index contributed by atoms with van der Waals surface area (Å²) in [6, 6.07) is 0. The summed E-state index contributed by atoms with van der Waals surface area (Å²) < 4.78 is 5.62. The lowest BCUT2D eigenvalue weighted by Gasteiger charge is -2.35. The second-order valence-corrected chi connectivity index (χ2v) is 4.50. The topological polar surface area (TPSA) is 21.3 Å². The summed E-state index contributed by atoms with van der Waals surface area (Å²) in [5.74, 6) is 2.48. The largest absolute Gasteiger partial charge is 0.377 e. The minimum atomic E-state index is 0.173. The van der Waals surface area contributed by atoms with Crippen molar-refractivity contribution in [3.8, 4) is 0 Å². The van der Waals surface area contributed by atoms with E-state index in [2.05, 4.69) is 5.32 Å². The van der Waals surface area contributed by atoms with E-state index in [1.807, 2.05) is 25.9 Å². The maximum Gasteiger partial charge on any atom is 0.0781 e. The smallest absolute Gasteiger partial charge is 0.0781 e. The van der Waals surface area contributed by atoms with E-state index < -0.39 is 0 Å². The van der Waals surface area contributed by atoms with Crippen molar-refractivity contribution >= 4 is 11.8 Å². The van der Waals surface area contributed by atoms with Crippen LogP contribution >= 0.6 is 11.8 Å². The molecule has 0 radical (unpaired) electrons.